The van der Waals surface area contributed by atoms with Gasteiger partial charge in [0.05, 0.1) is 11.8 Å². The molecule has 0 fully saturated rings. The summed E-state index contributed by atoms with van der Waals surface area (Å²) in [5.41, 5.74) is 0.935. The first-order chi connectivity index (χ1) is 10.2. The minimum absolute atomic E-state index is 0.213. The summed E-state index contributed by atoms with van der Waals surface area (Å²) in [6, 6.07) is 9.94. The molecule has 2 heterocycles. The van der Waals surface area contributed by atoms with E-state index < -0.39 is 0 Å². The molecular weight excluding hydrogens is 288 g/mol. The Balaban J connectivity index is 1.69. The van der Waals surface area contributed by atoms with Crippen LogP contribution in [-0.4, -0.2) is 30.3 Å². The molecule has 0 radical (unpaired) electrons. The van der Waals surface area contributed by atoms with Crippen molar-refractivity contribution in [2.45, 2.75) is 30.8 Å². The van der Waals surface area contributed by atoms with Gasteiger partial charge in [-0.2, -0.15) is 4.98 Å². The summed E-state index contributed by atoms with van der Waals surface area (Å²) in [4.78, 5) is 4.38. The quantitative estimate of drug-likeness (QED) is 0.670. The lowest BCUT2D eigenvalue weighted by molar-refractivity contribution is 0.391. The Morgan fingerprint density at radius 2 is 2.05 bits per heavy atom. The number of hydrogen-bond acceptors (Lipinski definition) is 7. The van der Waals surface area contributed by atoms with Crippen LogP contribution in [0.15, 0.2) is 40.0 Å². The van der Waals surface area contributed by atoms with Crippen LogP contribution in [0.3, 0.4) is 0 Å². The molecule has 0 spiro atoms. The van der Waals surface area contributed by atoms with Gasteiger partial charge in [-0.1, -0.05) is 47.3 Å². The molecule has 0 bridgehead atoms. The highest BCUT2D eigenvalue weighted by Gasteiger charge is 2.13. The number of thioether (sulfide) groups is 1. The van der Waals surface area contributed by atoms with E-state index in [1.54, 1.807) is 4.68 Å². The fourth-order valence-corrected chi connectivity index (χ4v) is 2.59. The van der Waals surface area contributed by atoms with Crippen LogP contribution in [-0.2, 0) is 5.75 Å². The highest BCUT2D eigenvalue weighted by molar-refractivity contribution is 7.98. The van der Waals surface area contributed by atoms with Crippen LogP contribution in [0, 0.1) is 0 Å². The summed E-state index contributed by atoms with van der Waals surface area (Å²) >= 11 is 1.47. The molecule has 108 valence electrons. The van der Waals surface area contributed by atoms with E-state index >= 15 is 0 Å². The lowest BCUT2D eigenvalue weighted by Crippen LogP contribution is -2.04. The SMILES string of the molecule is CC(C)n1nnnc1SCc1nc(-c2ccccc2)no1. The topological polar surface area (TPSA) is 82.5 Å². The van der Waals surface area contributed by atoms with Gasteiger partial charge in [0.15, 0.2) is 0 Å². The number of benzene rings is 1. The molecule has 0 atom stereocenters. The van der Waals surface area contributed by atoms with Gasteiger partial charge in [0, 0.05) is 5.56 Å². The minimum Gasteiger partial charge on any atom is -0.338 e. The van der Waals surface area contributed by atoms with Crippen molar-refractivity contribution in [3.8, 4) is 11.4 Å². The van der Waals surface area contributed by atoms with E-state index in [0.717, 1.165) is 10.7 Å². The van der Waals surface area contributed by atoms with Crippen LogP contribution in [0.2, 0.25) is 0 Å². The molecular formula is C13H14N6OS. The van der Waals surface area contributed by atoms with Crippen molar-refractivity contribution in [1.29, 1.82) is 0 Å². The Labute approximate surface area is 125 Å². The van der Waals surface area contributed by atoms with Gasteiger partial charge >= 0.3 is 0 Å². The molecule has 21 heavy (non-hydrogen) atoms. The van der Waals surface area contributed by atoms with Crippen LogP contribution in [0.25, 0.3) is 11.4 Å². The highest BCUT2D eigenvalue weighted by Crippen LogP contribution is 2.23. The second-order valence-corrected chi connectivity index (χ2v) is 5.61. The normalized spacial score (nSPS) is 11.2. The predicted octanol–water partition coefficient (Wildman–Crippen LogP) is 2.60. The molecule has 3 aromatic rings. The lowest BCUT2D eigenvalue weighted by Gasteiger charge is -2.05. The van der Waals surface area contributed by atoms with Crippen LogP contribution in [0.5, 0.6) is 0 Å². The highest BCUT2D eigenvalue weighted by atomic mass is 32.2. The van der Waals surface area contributed by atoms with E-state index in [1.807, 2.05) is 44.2 Å². The second-order valence-electron chi connectivity index (χ2n) is 4.67. The van der Waals surface area contributed by atoms with Gasteiger partial charge in [0.1, 0.15) is 0 Å². The van der Waals surface area contributed by atoms with E-state index in [9.17, 15) is 0 Å². The van der Waals surface area contributed by atoms with Crippen molar-refractivity contribution in [2.75, 3.05) is 0 Å². The fourth-order valence-electron chi connectivity index (χ4n) is 1.75. The van der Waals surface area contributed by atoms with E-state index in [2.05, 4.69) is 25.7 Å². The third-order valence-corrected chi connectivity index (χ3v) is 3.69. The van der Waals surface area contributed by atoms with Crippen molar-refractivity contribution < 1.29 is 4.52 Å². The van der Waals surface area contributed by atoms with Gasteiger partial charge in [-0.15, -0.1) is 5.10 Å². The summed E-state index contributed by atoms with van der Waals surface area (Å²) in [6.07, 6.45) is 0. The standard InChI is InChI=1S/C13H14N6OS/c1-9(2)19-13(15-17-18-19)21-8-11-14-12(16-20-11)10-6-4-3-5-7-10/h3-7,9H,8H2,1-2H3. The maximum absolute atomic E-state index is 5.26. The molecule has 0 aliphatic heterocycles. The molecule has 0 N–H and O–H groups in total. The number of hydrogen-bond donors (Lipinski definition) is 0. The first-order valence-corrected chi connectivity index (χ1v) is 7.51. The van der Waals surface area contributed by atoms with Crippen molar-refractivity contribution in [3.05, 3.63) is 36.2 Å². The Kier molecular flexibility index (Phi) is 3.96. The number of tetrazole rings is 1. The van der Waals surface area contributed by atoms with Gasteiger partial charge in [-0.25, -0.2) is 4.68 Å². The largest absolute Gasteiger partial charge is 0.338 e. The van der Waals surface area contributed by atoms with E-state index in [-0.39, 0.29) is 6.04 Å². The van der Waals surface area contributed by atoms with Crippen molar-refractivity contribution in [3.63, 3.8) is 0 Å². The molecule has 2 aromatic heterocycles. The Morgan fingerprint density at radius 3 is 2.81 bits per heavy atom. The van der Waals surface area contributed by atoms with Crippen LogP contribution < -0.4 is 0 Å². The molecule has 0 saturated carbocycles. The van der Waals surface area contributed by atoms with Crippen molar-refractivity contribution in [2.24, 2.45) is 0 Å². The van der Waals surface area contributed by atoms with E-state index in [1.165, 1.54) is 11.8 Å². The molecule has 0 unspecified atom stereocenters. The average molecular weight is 302 g/mol. The smallest absolute Gasteiger partial charge is 0.237 e. The van der Waals surface area contributed by atoms with Gasteiger partial charge in [0.2, 0.25) is 16.9 Å². The van der Waals surface area contributed by atoms with Gasteiger partial charge in [-0.3, -0.25) is 0 Å². The molecule has 0 aliphatic carbocycles. The molecule has 8 heteroatoms. The molecule has 0 saturated heterocycles. The maximum Gasteiger partial charge on any atom is 0.237 e. The zero-order chi connectivity index (χ0) is 14.7. The number of rotatable bonds is 5. The summed E-state index contributed by atoms with van der Waals surface area (Å²) < 4.78 is 7.02. The van der Waals surface area contributed by atoms with Crippen LogP contribution in [0.4, 0.5) is 0 Å². The molecule has 0 aliphatic rings. The van der Waals surface area contributed by atoms with Gasteiger partial charge in [0.25, 0.3) is 0 Å². The predicted molar refractivity (Wildman–Crippen MR) is 77.5 cm³/mol. The Hall–Kier alpha value is -2.22. The van der Waals surface area contributed by atoms with E-state index in [4.69, 9.17) is 4.52 Å². The van der Waals surface area contributed by atoms with Gasteiger partial charge in [-0.05, 0) is 24.3 Å². The lowest BCUT2D eigenvalue weighted by atomic mass is 10.2. The monoisotopic (exact) mass is 302 g/mol. The molecule has 3 rings (SSSR count). The summed E-state index contributed by atoms with van der Waals surface area (Å²) in [5.74, 6) is 1.68. The zero-order valence-corrected chi connectivity index (χ0v) is 12.5. The van der Waals surface area contributed by atoms with Crippen molar-refractivity contribution >= 4 is 11.8 Å². The molecule has 7 nitrogen and oxygen atoms in total. The maximum atomic E-state index is 5.26. The number of nitrogens with zero attached hydrogens (tertiary/aromatic N) is 6. The van der Waals surface area contributed by atoms with Crippen LogP contribution in [0.1, 0.15) is 25.8 Å². The molecule has 1 aromatic carbocycles. The minimum atomic E-state index is 0.213. The zero-order valence-electron chi connectivity index (χ0n) is 11.7. The van der Waals surface area contributed by atoms with Crippen LogP contribution >= 0.6 is 11.8 Å². The average Bonchev–Trinajstić information content (AvgIpc) is 3.15. The molecule has 0 amide bonds. The summed E-state index contributed by atoms with van der Waals surface area (Å²) in [7, 11) is 0. The summed E-state index contributed by atoms with van der Waals surface area (Å²) in [6.45, 7) is 4.06. The van der Waals surface area contributed by atoms with Crippen molar-refractivity contribution in [1.82, 2.24) is 30.3 Å². The number of aromatic nitrogens is 6. The Morgan fingerprint density at radius 1 is 1.24 bits per heavy atom. The third kappa shape index (κ3) is 3.10. The first kappa shape index (κ1) is 13.7. The summed E-state index contributed by atoms with van der Waals surface area (Å²) in [5, 5.41) is 16.4. The van der Waals surface area contributed by atoms with Gasteiger partial charge < -0.3 is 4.52 Å². The van der Waals surface area contributed by atoms with E-state index in [0.29, 0.717) is 17.5 Å². The first-order valence-electron chi connectivity index (χ1n) is 6.52. The Bertz CT molecular complexity index is 708. The fraction of sp³-hybridized carbons (Fsp3) is 0.308. The second kappa shape index (κ2) is 6.04. The third-order valence-electron chi connectivity index (χ3n) is 2.78.